The van der Waals surface area contributed by atoms with E-state index in [4.69, 9.17) is 19.4 Å². The van der Waals surface area contributed by atoms with Crippen molar-refractivity contribution >= 4 is 33.3 Å². The van der Waals surface area contributed by atoms with Crippen LogP contribution < -0.4 is 4.90 Å². The van der Waals surface area contributed by atoms with Crippen molar-refractivity contribution in [2.75, 3.05) is 50.9 Å². The minimum absolute atomic E-state index is 0.255. The van der Waals surface area contributed by atoms with Gasteiger partial charge in [-0.25, -0.2) is 14.8 Å². The van der Waals surface area contributed by atoms with Gasteiger partial charge in [-0.1, -0.05) is 0 Å². The number of nitrogens with zero attached hydrogens (tertiary/aromatic N) is 4. The minimum atomic E-state index is -0.303. The summed E-state index contributed by atoms with van der Waals surface area (Å²) < 4.78 is 10.7. The quantitative estimate of drug-likeness (QED) is 0.735. The molecule has 2 saturated heterocycles. The summed E-state index contributed by atoms with van der Waals surface area (Å²) in [6.45, 7) is 9.43. The van der Waals surface area contributed by atoms with Crippen molar-refractivity contribution < 1.29 is 19.4 Å². The van der Waals surface area contributed by atoms with Crippen LogP contribution in [0.25, 0.3) is 10.2 Å². The van der Waals surface area contributed by atoms with E-state index >= 15 is 0 Å². The van der Waals surface area contributed by atoms with Crippen LogP contribution >= 0.6 is 11.3 Å². The van der Waals surface area contributed by atoms with E-state index in [-0.39, 0.29) is 12.1 Å². The first-order valence-corrected chi connectivity index (χ1v) is 11.1. The van der Waals surface area contributed by atoms with Crippen molar-refractivity contribution in [2.24, 2.45) is 0 Å². The molecule has 0 atom stereocenters. The summed E-state index contributed by atoms with van der Waals surface area (Å²) >= 11 is 1.38. The molecule has 158 valence electrons. The van der Waals surface area contributed by atoms with Gasteiger partial charge in [0, 0.05) is 26.2 Å². The SMILES string of the molecule is CCOC(=O)c1sc2nc(CN3CCOCC3)nc(N3CCC(O)CC3)c2c1C. The molecule has 0 bridgehead atoms. The predicted molar refractivity (Wildman–Crippen MR) is 112 cm³/mol. The number of hydrogen-bond donors (Lipinski definition) is 1. The second-order valence-electron chi connectivity index (χ2n) is 7.53. The van der Waals surface area contributed by atoms with Crippen molar-refractivity contribution in [3.05, 3.63) is 16.3 Å². The van der Waals surface area contributed by atoms with Crippen LogP contribution in [0.15, 0.2) is 0 Å². The van der Waals surface area contributed by atoms with Crippen LogP contribution in [-0.2, 0) is 16.0 Å². The van der Waals surface area contributed by atoms with E-state index in [1.807, 2.05) is 13.8 Å². The number of ether oxygens (including phenoxy) is 2. The average Bonchev–Trinajstić information content (AvgIpc) is 3.06. The minimum Gasteiger partial charge on any atom is -0.462 e. The van der Waals surface area contributed by atoms with E-state index in [0.717, 1.165) is 79.7 Å². The van der Waals surface area contributed by atoms with Gasteiger partial charge in [0.15, 0.2) is 0 Å². The number of esters is 1. The lowest BCUT2D eigenvalue weighted by Crippen LogP contribution is -2.38. The zero-order valence-corrected chi connectivity index (χ0v) is 17.8. The Balaban J connectivity index is 1.74. The number of morpholine rings is 1. The molecule has 8 nitrogen and oxygen atoms in total. The van der Waals surface area contributed by atoms with Crippen LogP contribution in [-0.4, -0.2) is 78.0 Å². The highest BCUT2D eigenvalue weighted by molar-refractivity contribution is 7.20. The Morgan fingerprint density at radius 3 is 2.66 bits per heavy atom. The Morgan fingerprint density at radius 2 is 1.97 bits per heavy atom. The lowest BCUT2D eigenvalue weighted by molar-refractivity contribution is 0.0331. The number of thiophene rings is 1. The van der Waals surface area contributed by atoms with Gasteiger partial charge in [0.1, 0.15) is 21.3 Å². The molecule has 2 aromatic rings. The summed E-state index contributed by atoms with van der Waals surface area (Å²) in [7, 11) is 0. The molecule has 2 aliphatic rings. The van der Waals surface area contributed by atoms with Crippen LogP contribution in [0.4, 0.5) is 5.82 Å². The maximum absolute atomic E-state index is 12.4. The molecule has 0 aromatic carbocycles. The number of aliphatic hydroxyl groups excluding tert-OH is 1. The number of fused-ring (bicyclic) bond motifs is 1. The number of carbonyl (C=O) groups is 1. The topological polar surface area (TPSA) is 88.0 Å². The van der Waals surface area contributed by atoms with Gasteiger partial charge in [-0.2, -0.15) is 0 Å². The van der Waals surface area contributed by atoms with E-state index in [0.29, 0.717) is 18.0 Å². The third kappa shape index (κ3) is 4.37. The fraction of sp³-hybridized carbons (Fsp3) is 0.650. The van der Waals surface area contributed by atoms with E-state index in [1.165, 1.54) is 11.3 Å². The van der Waals surface area contributed by atoms with Gasteiger partial charge in [0.2, 0.25) is 0 Å². The first-order valence-electron chi connectivity index (χ1n) is 10.3. The second-order valence-corrected chi connectivity index (χ2v) is 8.53. The summed E-state index contributed by atoms with van der Waals surface area (Å²) in [5.74, 6) is 1.33. The molecule has 1 N–H and O–H groups in total. The largest absolute Gasteiger partial charge is 0.462 e. The summed E-state index contributed by atoms with van der Waals surface area (Å²) in [6.07, 6.45) is 1.19. The number of aromatic nitrogens is 2. The molecule has 0 spiro atoms. The number of hydrogen-bond acceptors (Lipinski definition) is 9. The van der Waals surface area contributed by atoms with Crippen molar-refractivity contribution in [2.45, 2.75) is 39.3 Å². The van der Waals surface area contributed by atoms with E-state index < -0.39 is 0 Å². The molecule has 0 unspecified atom stereocenters. The average molecular weight is 421 g/mol. The Kier molecular flexibility index (Phi) is 6.29. The first-order chi connectivity index (χ1) is 14.1. The Labute approximate surface area is 174 Å². The molecule has 4 heterocycles. The molecule has 0 radical (unpaired) electrons. The zero-order chi connectivity index (χ0) is 20.4. The fourth-order valence-electron chi connectivity index (χ4n) is 3.89. The maximum atomic E-state index is 12.4. The number of rotatable bonds is 5. The molecule has 2 aromatic heterocycles. The van der Waals surface area contributed by atoms with Crippen LogP contribution in [0.5, 0.6) is 0 Å². The summed E-state index contributed by atoms with van der Waals surface area (Å²) in [5.41, 5.74) is 0.877. The molecule has 0 aliphatic carbocycles. The van der Waals surface area contributed by atoms with Crippen molar-refractivity contribution in [3.8, 4) is 0 Å². The predicted octanol–water partition coefficient (Wildman–Crippen LogP) is 1.97. The molecule has 29 heavy (non-hydrogen) atoms. The molecular weight excluding hydrogens is 392 g/mol. The Hall–Kier alpha value is -1.81. The van der Waals surface area contributed by atoms with Gasteiger partial charge < -0.3 is 19.5 Å². The number of anilines is 1. The highest BCUT2D eigenvalue weighted by atomic mass is 32.1. The van der Waals surface area contributed by atoms with Gasteiger partial charge in [-0.15, -0.1) is 11.3 Å². The monoisotopic (exact) mass is 420 g/mol. The smallest absolute Gasteiger partial charge is 0.348 e. The Morgan fingerprint density at radius 1 is 1.24 bits per heavy atom. The lowest BCUT2D eigenvalue weighted by atomic mass is 10.1. The standard InChI is InChI=1S/C20H28N4O4S/c1-3-28-20(26)17-13(2)16-18(24-6-4-14(25)5-7-24)21-15(22-19(16)29-17)12-23-8-10-27-11-9-23/h14,25H,3-12H2,1-2H3. The van der Waals surface area contributed by atoms with Crippen molar-refractivity contribution in [1.29, 1.82) is 0 Å². The van der Waals surface area contributed by atoms with Gasteiger partial charge in [0.25, 0.3) is 0 Å². The van der Waals surface area contributed by atoms with Crippen LogP contribution in [0.2, 0.25) is 0 Å². The molecule has 4 rings (SSSR count). The number of aryl methyl sites for hydroxylation is 1. The lowest BCUT2D eigenvalue weighted by Gasteiger charge is -2.31. The second kappa shape index (κ2) is 8.91. The van der Waals surface area contributed by atoms with Crippen LogP contribution in [0.1, 0.15) is 40.8 Å². The summed E-state index contributed by atoms with van der Waals surface area (Å²) in [6, 6.07) is 0. The van der Waals surface area contributed by atoms with Gasteiger partial charge in [0.05, 0.1) is 37.9 Å². The van der Waals surface area contributed by atoms with Crippen molar-refractivity contribution in [3.63, 3.8) is 0 Å². The summed E-state index contributed by atoms with van der Waals surface area (Å²) in [4.78, 5) is 28.1. The molecule has 0 saturated carbocycles. The normalized spacial score (nSPS) is 19.1. The maximum Gasteiger partial charge on any atom is 0.348 e. The van der Waals surface area contributed by atoms with E-state index in [1.54, 1.807) is 0 Å². The van der Waals surface area contributed by atoms with Gasteiger partial charge in [-0.3, -0.25) is 4.90 Å². The molecule has 2 fully saturated rings. The number of piperidine rings is 1. The molecule has 0 amide bonds. The van der Waals surface area contributed by atoms with Crippen LogP contribution in [0.3, 0.4) is 0 Å². The number of aliphatic hydroxyl groups is 1. The van der Waals surface area contributed by atoms with E-state index in [2.05, 4.69) is 9.80 Å². The van der Waals surface area contributed by atoms with Crippen LogP contribution in [0, 0.1) is 6.92 Å². The molecular formula is C20H28N4O4S. The Bertz CT molecular complexity index is 873. The zero-order valence-electron chi connectivity index (χ0n) is 17.0. The fourth-order valence-corrected chi connectivity index (χ4v) is 4.98. The third-order valence-electron chi connectivity index (χ3n) is 5.51. The highest BCUT2D eigenvalue weighted by Gasteiger charge is 2.26. The highest BCUT2D eigenvalue weighted by Crippen LogP contribution is 2.37. The third-order valence-corrected chi connectivity index (χ3v) is 6.68. The van der Waals surface area contributed by atoms with Gasteiger partial charge in [-0.05, 0) is 32.3 Å². The van der Waals surface area contributed by atoms with Gasteiger partial charge >= 0.3 is 5.97 Å². The molecule has 2 aliphatic heterocycles. The number of carbonyl (C=O) groups excluding carboxylic acids is 1. The van der Waals surface area contributed by atoms with E-state index in [9.17, 15) is 9.90 Å². The summed E-state index contributed by atoms with van der Waals surface area (Å²) in [5, 5.41) is 10.8. The first kappa shape index (κ1) is 20.5. The van der Waals surface area contributed by atoms with Crippen molar-refractivity contribution in [1.82, 2.24) is 14.9 Å². The molecule has 9 heteroatoms.